The van der Waals surface area contributed by atoms with Crippen LogP contribution in [0.1, 0.15) is 35.6 Å². The van der Waals surface area contributed by atoms with Crippen LogP contribution in [0.4, 0.5) is 0 Å². The predicted octanol–water partition coefficient (Wildman–Crippen LogP) is 0.554. The van der Waals surface area contributed by atoms with Crippen molar-refractivity contribution >= 4 is 5.91 Å². The second kappa shape index (κ2) is 6.68. The van der Waals surface area contributed by atoms with Gasteiger partial charge in [0.05, 0.1) is 13.2 Å². The standard InChI is InChI=1S/C13H22N4O2/c1-3-17(4-2)7-6-14-13(18)12-10-9-19-8-5-11(10)15-16-12/h3-9H2,1-2H3,(H,14,18)(H,15,16). The fourth-order valence-electron chi connectivity index (χ4n) is 2.25. The van der Waals surface area contributed by atoms with Crippen LogP contribution in [0.3, 0.4) is 0 Å². The lowest BCUT2D eigenvalue weighted by Gasteiger charge is -2.18. The topological polar surface area (TPSA) is 70.2 Å². The molecule has 2 N–H and O–H groups in total. The second-order valence-electron chi connectivity index (χ2n) is 4.61. The van der Waals surface area contributed by atoms with Gasteiger partial charge in [-0.3, -0.25) is 9.89 Å². The van der Waals surface area contributed by atoms with Crippen molar-refractivity contribution in [3.05, 3.63) is 17.0 Å². The minimum absolute atomic E-state index is 0.116. The van der Waals surface area contributed by atoms with E-state index in [1.165, 1.54) is 0 Å². The summed E-state index contributed by atoms with van der Waals surface area (Å²) in [6, 6.07) is 0. The van der Waals surface area contributed by atoms with E-state index in [-0.39, 0.29) is 5.91 Å². The fourth-order valence-corrected chi connectivity index (χ4v) is 2.25. The SMILES string of the molecule is CCN(CC)CCNC(=O)c1n[nH]c2c1COCC2. The third-order valence-corrected chi connectivity index (χ3v) is 3.52. The molecule has 0 saturated carbocycles. The average molecular weight is 266 g/mol. The van der Waals surface area contributed by atoms with Gasteiger partial charge in [-0.25, -0.2) is 0 Å². The van der Waals surface area contributed by atoms with Crippen molar-refractivity contribution in [2.45, 2.75) is 26.9 Å². The molecule has 1 aromatic heterocycles. The molecule has 1 aromatic rings. The van der Waals surface area contributed by atoms with Gasteiger partial charge in [0, 0.05) is 30.8 Å². The van der Waals surface area contributed by atoms with Gasteiger partial charge >= 0.3 is 0 Å². The van der Waals surface area contributed by atoms with Gasteiger partial charge in [-0.05, 0) is 13.1 Å². The Hall–Kier alpha value is -1.40. The summed E-state index contributed by atoms with van der Waals surface area (Å²) >= 11 is 0. The van der Waals surface area contributed by atoms with E-state index in [2.05, 4.69) is 34.3 Å². The molecule has 6 heteroatoms. The molecule has 6 nitrogen and oxygen atoms in total. The Labute approximate surface area is 113 Å². The van der Waals surface area contributed by atoms with Crippen molar-refractivity contribution in [3.63, 3.8) is 0 Å². The van der Waals surface area contributed by atoms with Crippen LogP contribution in [-0.4, -0.2) is 53.8 Å². The van der Waals surface area contributed by atoms with Gasteiger partial charge in [0.2, 0.25) is 0 Å². The molecule has 0 unspecified atom stereocenters. The molecule has 2 rings (SSSR count). The van der Waals surface area contributed by atoms with Crippen LogP contribution in [0.2, 0.25) is 0 Å². The molecule has 19 heavy (non-hydrogen) atoms. The van der Waals surface area contributed by atoms with Gasteiger partial charge in [0.25, 0.3) is 5.91 Å². The van der Waals surface area contributed by atoms with E-state index < -0.39 is 0 Å². The van der Waals surface area contributed by atoms with Gasteiger partial charge in [-0.1, -0.05) is 13.8 Å². The third kappa shape index (κ3) is 3.33. The van der Waals surface area contributed by atoms with E-state index in [0.717, 1.165) is 37.3 Å². The molecule has 0 atom stereocenters. The molecule has 2 heterocycles. The Morgan fingerprint density at radius 3 is 3.00 bits per heavy atom. The number of aromatic amines is 1. The zero-order valence-electron chi connectivity index (χ0n) is 11.7. The van der Waals surface area contributed by atoms with E-state index in [4.69, 9.17) is 4.74 Å². The zero-order chi connectivity index (χ0) is 13.7. The number of carbonyl (C=O) groups excluding carboxylic acids is 1. The van der Waals surface area contributed by atoms with Crippen molar-refractivity contribution in [2.75, 3.05) is 32.8 Å². The lowest BCUT2D eigenvalue weighted by atomic mass is 10.1. The molecule has 1 aliphatic rings. The number of carbonyl (C=O) groups is 1. The maximum atomic E-state index is 12.1. The fraction of sp³-hybridized carbons (Fsp3) is 0.692. The quantitative estimate of drug-likeness (QED) is 0.789. The first-order valence-corrected chi connectivity index (χ1v) is 6.90. The van der Waals surface area contributed by atoms with Gasteiger partial charge < -0.3 is 15.0 Å². The minimum Gasteiger partial charge on any atom is -0.376 e. The maximum absolute atomic E-state index is 12.1. The Bertz CT molecular complexity index is 426. The smallest absolute Gasteiger partial charge is 0.272 e. The van der Waals surface area contributed by atoms with Crippen LogP contribution in [0.25, 0.3) is 0 Å². The van der Waals surface area contributed by atoms with Crippen LogP contribution in [-0.2, 0) is 17.8 Å². The summed E-state index contributed by atoms with van der Waals surface area (Å²) in [7, 11) is 0. The normalized spacial score (nSPS) is 14.5. The third-order valence-electron chi connectivity index (χ3n) is 3.52. The van der Waals surface area contributed by atoms with Crippen molar-refractivity contribution in [2.24, 2.45) is 0 Å². The highest BCUT2D eigenvalue weighted by molar-refractivity contribution is 5.93. The molecular weight excluding hydrogens is 244 g/mol. The number of ether oxygens (including phenoxy) is 1. The number of fused-ring (bicyclic) bond motifs is 1. The summed E-state index contributed by atoms with van der Waals surface area (Å²) in [4.78, 5) is 14.3. The van der Waals surface area contributed by atoms with Gasteiger partial charge in [-0.2, -0.15) is 5.10 Å². The minimum atomic E-state index is -0.116. The van der Waals surface area contributed by atoms with Crippen LogP contribution in [0.5, 0.6) is 0 Å². The number of H-pyrrole nitrogens is 1. The van der Waals surface area contributed by atoms with Crippen LogP contribution in [0.15, 0.2) is 0 Å². The van der Waals surface area contributed by atoms with Crippen LogP contribution in [0, 0.1) is 0 Å². The summed E-state index contributed by atoms with van der Waals surface area (Å²) in [5.74, 6) is -0.116. The number of aromatic nitrogens is 2. The Kier molecular flexibility index (Phi) is 4.93. The first-order chi connectivity index (χ1) is 9.26. The maximum Gasteiger partial charge on any atom is 0.272 e. The zero-order valence-corrected chi connectivity index (χ0v) is 11.7. The van der Waals surface area contributed by atoms with E-state index in [0.29, 0.717) is 25.5 Å². The Morgan fingerprint density at radius 2 is 2.26 bits per heavy atom. The summed E-state index contributed by atoms with van der Waals surface area (Å²) < 4.78 is 5.37. The highest BCUT2D eigenvalue weighted by atomic mass is 16.5. The van der Waals surface area contributed by atoms with Crippen molar-refractivity contribution < 1.29 is 9.53 Å². The molecule has 0 spiro atoms. The number of likely N-dealkylation sites (N-methyl/N-ethyl adjacent to an activating group) is 1. The molecule has 0 aromatic carbocycles. The largest absolute Gasteiger partial charge is 0.376 e. The molecule has 0 saturated heterocycles. The first-order valence-electron chi connectivity index (χ1n) is 6.90. The number of nitrogens with zero attached hydrogens (tertiary/aromatic N) is 2. The Morgan fingerprint density at radius 1 is 1.47 bits per heavy atom. The number of rotatable bonds is 6. The summed E-state index contributed by atoms with van der Waals surface area (Å²) in [6.45, 7) is 8.91. The molecular formula is C13H22N4O2. The lowest BCUT2D eigenvalue weighted by Crippen LogP contribution is -2.35. The molecule has 0 aliphatic carbocycles. The molecule has 0 radical (unpaired) electrons. The number of hydrogen-bond donors (Lipinski definition) is 2. The number of hydrogen-bond acceptors (Lipinski definition) is 4. The van der Waals surface area contributed by atoms with Crippen molar-refractivity contribution in [1.29, 1.82) is 0 Å². The van der Waals surface area contributed by atoms with E-state index >= 15 is 0 Å². The molecule has 0 fully saturated rings. The highest BCUT2D eigenvalue weighted by Crippen LogP contribution is 2.17. The van der Waals surface area contributed by atoms with Gasteiger partial charge in [-0.15, -0.1) is 0 Å². The second-order valence-corrected chi connectivity index (χ2v) is 4.61. The summed E-state index contributed by atoms with van der Waals surface area (Å²) in [5, 5.41) is 9.95. The molecule has 106 valence electrons. The Balaban J connectivity index is 1.88. The van der Waals surface area contributed by atoms with Crippen molar-refractivity contribution in [1.82, 2.24) is 20.4 Å². The van der Waals surface area contributed by atoms with E-state index in [1.807, 2.05) is 0 Å². The van der Waals surface area contributed by atoms with Gasteiger partial charge in [0.1, 0.15) is 0 Å². The number of amides is 1. The van der Waals surface area contributed by atoms with E-state index in [1.54, 1.807) is 0 Å². The van der Waals surface area contributed by atoms with Crippen LogP contribution >= 0.6 is 0 Å². The number of nitrogens with one attached hydrogen (secondary N) is 2. The monoisotopic (exact) mass is 266 g/mol. The average Bonchev–Trinajstić information content (AvgIpc) is 2.87. The highest BCUT2D eigenvalue weighted by Gasteiger charge is 2.21. The summed E-state index contributed by atoms with van der Waals surface area (Å²) in [6.07, 6.45) is 0.801. The van der Waals surface area contributed by atoms with E-state index in [9.17, 15) is 4.79 Å². The predicted molar refractivity (Wildman–Crippen MR) is 72.1 cm³/mol. The molecule has 1 amide bonds. The molecule has 0 bridgehead atoms. The van der Waals surface area contributed by atoms with Crippen LogP contribution < -0.4 is 5.32 Å². The van der Waals surface area contributed by atoms with Gasteiger partial charge in [0.15, 0.2) is 5.69 Å². The molecule has 1 aliphatic heterocycles. The first kappa shape index (κ1) is 14.0. The van der Waals surface area contributed by atoms with Crippen molar-refractivity contribution in [3.8, 4) is 0 Å². The lowest BCUT2D eigenvalue weighted by molar-refractivity contribution is 0.0921. The summed E-state index contributed by atoms with van der Waals surface area (Å²) in [5.41, 5.74) is 2.42.